The highest BCUT2D eigenvalue weighted by molar-refractivity contribution is 6.30. The Bertz CT molecular complexity index is 1460. The summed E-state index contributed by atoms with van der Waals surface area (Å²) in [4.78, 5) is 29.8. The summed E-state index contributed by atoms with van der Waals surface area (Å²) in [6.45, 7) is 1.41. The normalized spacial score (nSPS) is 21.0. The summed E-state index contributed by atoms with van der Waals surface area (Å²) in [6, 6.07) is 12.8. The third-order valence-electron chi connectivity index (χ3n) is 7.58. The fourth-order valence-electron chi connectivity index (χ4n) is 5.35. The van der Waals surface area contributed by atoms with E-state index in [1.54, 1.807) is 12.3 Å². The second kappa shape index (κ2) is 11.3. The molecule has 2 aliphatic rings. The topological polar surface area (TPSA) is 112 Å². The number of ether oxygens (including phenoxy) is 2. The average molecular weight is 548 g/mol. The van der Waals surface area contributed by atoms with Crippen molar-refractivity contribution in [2.45, 2.75) is 63.7 Å². The molecule has 1 aromatic carbocycles. The number of rotatable bonds is 9. The summed E-state index contributed by atoms with van der Waals surface area (Å²) in [6.07, 6.45) is 8.33. The van der Waals surface area contributed by atoms with Crippen LogP contribution in [0.15, 0.2) is 48.7 Å². The predicted octanol–water partition coefficient (Wildman–Crippen LogP) is 5.13. The van der Waals surface area contributed by atoms with Crippen molar-refractivity contribution >= 4 is 28.7 Å². The van der Waals surface area contributed by atoms with E-state index >= 15 is 0 Å². The lowest BCUT2D eigenvalue weighted by atomic mass is 9.85. The first kappa shape index (κ1) is 25.7. The molecule has 1 aliphatic carbocycles. The number of carboxylic acid groups (broad SMARTS) is 1. The molecular weight excluding hydrogens is 518 g/mol. The number of nitrogens with zero attached hydrogens (tertiary/aromatic N) is 5. The van der Waals surface area contributed by atoms with Gasteiger partial charge in [0.15, 0.2) is 11.3 Å². The number of aromatic nitrogens is 5. The molecule has 4 heterocycles. The first-order valence-electron chi connectivity index (χ1n) is 13.4. The molecule has 1 saturated carbocycles. The summed E-state index contributed by atoms with van der Waals surface area (Å²) in [7, 11) is 0. The molecule has 10 heteroatoms. The molecule has 6 rings (SSSR count). The van der Waals surface area contributed by atoms with Crippen LogP contribution in [-0.4, -0.2) is 54.4 Å². The summed E-state index contributed by atoms with van der Waals surface area (Å²) >= 11 is 5.99. The second-order valence-electron chi connectivity index (χ2n) is 10.3. The first-order valence-corrected chi connectivity index (χ1v) is 13.8. The van der Waals surface area contributed by atoms with Gasteiger partial charge in [0.25, 0.3) is 0 Å². The smallest absolute Gasteiger partial charge is 0.354 e. The Hall–Kier alpha value is -3.56. The predicted molar refractivity (Wildman–Crippen MR) is 145 cm³/mol. The van der Waals surface area contributed by atoms with E-state index in [-0.39, 0.29) is 17.9 Å². The largest absolute Gasteiger partial charge is 0.477 e. The third-order valence-corrected chi connectivity index (χ3v) is 7.83. The highest BCUT2D eigenvalue weighted by Crippen LogP contribution is 2.31. The maximum atomic E-state index is 11.5. The zero-order valence-electron chi connectivity index (χ0n) is 21.5. The van der Waals surface area contributed by atoms with E-state index in [0.29, 0.717) is 35.4 Å². The summed E-state index contributed by atoms with van der Waals surface area (Å²) < 4.78 is 14.0. The van der Waals surface area contributed by atoms with Gasteiger partial charge >= 0.3 is 5.97 Å². The molecule has 1 aliphatic heterocycles. The van der Waals surface area contributed by atoms with Gasteiger partial charge in [0.05, 0.1) is 12.6 Å². The highest BCUT2D eigenvalue weighted by atomic mass is 35.5. The summed E-state index contributed by atoms with van der Waals surface area (Å²) in [5, 5.41) is 10.1. The number of carboxylic acids is 1. The van der Waals surface area contributed by atoms with E-state index in [1.807, 2.05) is 30.3 Å². The summed E-state index contributed by atoms with van der Waals surface area (Å²) in [5.41, 5.74) is 2.48. The van der Waals surface area contributed by atoms with Gasteiger partial charge in [-0.05, 0) is 67.9 Å². The van der Waals surface area contributed by atoms with Crippen molar-refractivity contribution in [2.75, 3.05) is 6.61 Å². The van der Waals surface area contributed by atoms with Crippen molar-refractivity contribution < 1.29 is 19.4 Å². The van der Waals surface area contributed by atoms with Gasteiger partial charge in [-0.2, -0.15) is 4.98 Å². The number of halogens is 1. The van der Waals surface area contributed by atoms with Gasteiger partial charge in [-0.15, -0.1) is 0 Å². The van der Waals surface area contributed by atoms with Gasteiger partial charge in [-0.3, -0.25) is 0 Å². The minimum atomic E-state index is -1.04. The Morgan fingerprint density at radius 2 is 1.82 bits per heavy atom. The lowest BCUT2D eigenvalue weighted by Gasteiger charge is -2.30. The Morgan fingerprint density at radius 1 is 1.03 bits per heavy atom. The van der Waals surface area contributed by atoms with Crippen LogP contribution in [0.25, 0.3) is 11.2 Å². The fourth-order valence-corrected chi connectivity index (χ4v) is 5.47. The quantitative estimate of drug-likeness (QED) is 0.307. The number of pyridine rings is 1. The lowest BCUT2D eigenvalue weighted by Crippen LogP contribution is -2.32. The van der Waals surface area contributed by atoms with Gasteiger partial charge in [-0.25, -0.2) is 19.7 Å². The van der Waals surface area contributed by atoms with E-state index in [2.05, 4.69) is 19.5 Å². The Kier molecular flexibility index (Phi) is 7.43. The molecule has 202 valence electrons. The van der Waals surface area contributed by atoms with E-state index < -0.39 is 5.97 Å². The fraction of sp³-hybridized carbons (Fsp3) is 0.414. The molecule has 1 N–H and O–H groups in total. The van der Waals surface area contributed by atoms with Gasteiger partial charge < -0.3 is 19.1 Å². The van der Waals surface area contributed by atoms with Gasteiger partial charge in [0, 0.05) is 36.7 Å². The van der Waals surface area contributed by atoms with Crippen LogP contribution < -0.4 is 4.74 Å². The van der Waals surface area contributed by atoms with Crippen LogP contribution in [0.3, 0.4) is 0 Å². The molecule has 1 atom stereocenters. The van der Waals surface area contributed by atoms with E-state index in [0.717, 1.165) is 67.9 Å². The maximum absolute atomic E-state index is 11.5. The van der Waals surface area contributed by atoms with Crippen molar-refractivity contribution in [3.05, 3.63) is 76.6 Å². The number of fused-ring (bicyclic) bond motifs is 1. The van der Waals surface area contributed by atoms with Crippen LogP contribution in [0.5, 0.6) is 5.88 Å². The van der Waals surface area contributed by atoms with Gasteiger partial charge in [0.1, 0.15) is 23.3 Å². The Balaban J connectivity index is 1.09. The SMILES string of the molecule is O=C(O)c1ccc2nc(C[C@H]3CC[C@H](Oc4ccnc(Cc5ccc(Cl)cc5)n4)CC3)n(C[C@@H]3CCO3)c2n1. The number of carbonyl (C=O) groups is 1. The Labute approximate surface area is 231 Å². The number of benzene rings is 1. The van der Waals surface area contributed by atoms with E-state index in [1.165, 1.54) is 6.07 Å². The number of hydrogen-bond acceptors (Lipinski definition) is 7. The number of aromatic carboxylic acids is 1. The molecule has 0 unspecified atom stereocenters. The zero-order chi connectivity index (χ0) is 26.8. The van der Waals surface area contributed by atoms with Crippen LogP contribution in [0.4, 0.5) is 0 Å². The average Bonchev–Trinajstić information content (AvgIpc) is 3.25. The molecule has 2 fully saturated rings. The molecule has 0 radical (unpaired) electrons. The van der Waals surface area contributed by atoms with Crippen molar-refractivity contribution in [1.82, 2.24) is 24.5 Å². The number of imidazole rings is 1. The Morgan fingerprint density at radius 3 is 2.54 bits per heavy atom. The number of hydrogen-bond donors (Lipinski definition) is 1. The zero-order valence-corrected chi connectivity index (χ0v) is 22.3. The van der Waals surface area contributed by atoms with Crippen LogP contribution in [0.2, 0.25) is 5.02 Å². The molecule has 0 amide bonds. The van der Waals surface area contributed by atoms with E-state index in [9.17, 15) is 9.90 Å². The minimum absolute atomic E-state index is 0.0310. The first-order chi connectivity index (χ1) is 19.0. The molecule has 4 aromatic rings. The van der Waals surface area contributed by atoms with Gasteiger partial charge in [-0.1, -0.05) is 23.7 Å². The van der Waals surface area contributed by atoms with Gasteiger partial charge in [0.2, 0.25) is 5.88 Å². The molecule has 9 nitrogen and oxygen atoms in total. The summed E-state index contributed by atoms with van der Waals surface area (Å²) in [5.74, 6) is 1.71. The standard InChI is InChI=1S/C29H30ClN5O4/c30-20-5-1-18(2-6-20)15-25-31-13-11-27(34-25)39-21-7-3-19(4-8-21)16-26-32-23-9-10-24(29(36)37)33-28(23)35(26)17-22-12-14-38-22/h1-2,5-6,9-11,13,19,21-22H,3-4,7-8,12,14-17H2,(H,36,37)/t19-,21-,22-/m0/s1. The minimum Gasteiger partial charge on any atom is -0.477 e. The van der Waals surface area contributed by atoms with E-state index in [4.69, 9.17) is 26.1 Å². The van der Waals surface area contributed by atoms with Crippen molar-refractivity contribution in [1.29, 1.82) is 0 Å². The molecule has 0 bridgehead atoms. The van der Waals surface area contributed by atoms with Crippen LogP contribution >= 0.6 is 11.6 Å². The second-order valence-corrected chi connectivity index (χ2v) is 10.8. The molecule has 3 aromatic heterocycles. The van der Waals surface area contributed by atoms with Crippen molar-refractivity contribution in [2.24, 2.45) is 5.92 Å². The highest BCUT2D eigenvalue weighted by Gasteiger charge is 2.27. The monoisotopic (exact) mass is 547 g/mol. The van der Waals surface area contributed by atoms with Crippen molar-refractivity contribution in [3.63, 3.8) is 0 Å². The maximum Gasteiger partial charge on any atom is 0.354 e. The molecule has 39 heavy (non-hydrogen) atoms. The lowest BCUT2D eigenvalue weighted by molar-refractivity contribution is -0.0591. The van der Waals surface area contributed by atoms with Crippen molar-refractivity contribution in [3.8, 4) is 5.88 Å². The van der Waals surface area contributed by atoms with Crippen LogP contribution in [0, 0.1) is 5.92 Å². The molecule has 0 spiro atoms. The third kappa shape index (κ3) is 6.04. The molecule has 1 saturated heterocycles. The van der Waals surface area contributed by atoms with Crippen LogP contribution in [0.1, 0.15) is 59.8 Å². The molecular formula is C29H30ClN5O4. The van der Waals surface area contributed by atoms with Crippen LogP contribution in [-0.2, 0) is 24.1 Å².